The quantitative estimate of drug-likeness (QED) is 0.883. The first-order valence-electron chi connectivity index (χ1n) is 6.04. The van der Waals surface area contributed by atoms with Gasteiger partial charge in [-0.05, 0) is 18.4 Å². The smallest absolute Gasteiger partial charge is 0.265 e. The topological polar surface area (TPSA) is 59.2 Å². The number of nitrogens with two attached hydrogens (primary N) is 1. The van der Waals surface area contributed by atoms with E-state index in [1.54, 1.807) is 23.3 Å². The van der Waals surface area contributed by atoms with Gasteiger partial charge in [-0.25, -0.2) is 4.98 Å². The number of thiophene rings is 1. The predicted molar refractivity (Wildman–Crippen MR) is 82.9 cm³/mol. The van der Waals surface area contributed by atoms with E-state index in [9.17, 15) is 4.79 Å². The third kappa shape index (κ3) is 3.45. The molecule has 2 N–H and O–H groups in total. The maximum absolute atomic E-state index is 12.4. The molecule has 0 radical (unpaired) electrons. The largest absolute Gasteiger partial charge is 0.335 e. The van der Waals surface area contributed by atoms with E-state index in [1.165, 1.54) is 11.3 Å². The number of aromatic nitrogens is 1. The van der Waals surface area contributed by atoms with Gasteiger partial charge in [0.15, 0.2) is 0 Å². The first kappa shape index (κ1) is 14.7. The number of carbonyl (C=O) groups is 1. The Morgan fingerprint density at radius 1 is 1.50 bits per heavy atom. The Bertz CT molecular complexity index is 663. The maximum Gasteiger partial charge on any atom is 0.265 e. The summed E-state index contributed by atoms with van der Waals surface area (Å²) in [6.45, 7) is 2.75. The van der Waals surface area contributed by atoms with Gasteiger partial charge in [0.25, 0.3) is 5.91 Å². The van der Waals surface area contributed by atoms with E-state index in [0.717, 1.165) is 16.3 Å². The number of hydrogen-bond donors (Lipinski definition) is 1. The average molecular weight is 305 g/mol. The average Bonchev–Trinajstić information content (AvgIpc) is 3.04. The Morgan fingerprint density at radius 2 is 2.30 bits per heavy atom. The summed E-state index contributed by atoms with van der Waals surface area (Å²) in [6.07, 6.45) is 0. The van der Waals surface area contributed by atoms with Crippen LogP contribution >= 0.6 is 22.7 Å². The summed E-state index contributed by atoms with van der Waals surface area (Å²) in [5.41, 5.74) is 7.02. The molecule has 0 spiro atoms. The Morgan fingerprint density at radius 3 is 2.95 bits per heavy atom. The molecule has 2 aromatic rings. The lowest BCUT2D eigenvalue weighted by molar-refractivity contribution is 0.0788. The highest BCUT2D eigenvalue weighted by atomic mass is 32.1. The third-order valence-corrected chi connectivity index (χ3v) is 4.32. The van der Waals surface area contributed by atoms with E-state index in [-0.39, 0.29) is 12.5 Å². The van der Waals surface area contributed by atoms with E-state index in [0.29, 0.717) is 11.4 Å². The summed E-state index contributed by atoms with van der Waals surface area (Å²) in [4.78, 5) is 19.1. The minimum atomic E-state index is -0.0352. The predicted octanol–water partition coefficient (Wildman–Crippen LogP) is 2.10. The summed E-state index contributed by atoms with van der Waals surface area (Å²) in [7, 11) is 1.77. The summed E-state index contributed by atoms with van der Waals surface area (Å²) in [6, 6.07) is 1.85. The zero-order valence-electron chi connectivity index (χ0n) is 11.3. The van der Waals surface area contributed by atoms with Crippen molar-refractivity contribution in [1.82, 2.24) is 9.88 Å². The molecule has 6 heteroatoms. The Balaban J connectivity index is 2.12. The number of amides is 1. The lowest BCUT2D eigenvalue weighted by Crippen LogP contribution is -2.26. The van der Waals surface area contributed by atoms with E-state index in [2.05, 4.69) is 16.8 Å². The molecule has 0 saturated heterocycles. The fourth-order valence-corrected chi connectivity index (χ4v) is 3.14. The van der Waals surface area contributed by atoms with Gasteiger partial charge in [0.1, 0.15) is 4.88 Å². The van der Waals surface area contributed by atoms with E-state index in [4.69, 9.17) is 5.73 Å². The van der Waals surface area contributed by atoms with E-state index < -0.39 is 0 Å². The molecule has 104 valence electrons. The van der Waals surface area contributed by atoms with Gasteiger partial charge in [-0.2, -0.15) is 0 Å². The monoisotopic (exact) mass is 305 g/mol. The van der Waals surface area contributed by atoms with Gasteiger partial charge < -0.3 is 10.6 Å². The van der Waals surface area contributed by atoms with Crippen molar-refractivity contribution in [3.63, 3.8) is 0 Å². The molecule has 4 nitrogen and oxygen atoms in total. The van der Waals surface area contributed by atoms with Crippen molar-refractivity contribution in [3.05, 3.63) is 38.0 Å². The van der Waals surface area contributed by atoms with Crippen molar-refractivity contribution in [3.8, 4) is 11.8 Å². The number of nitrogens with zero attached hydrogens (tertiary/aromatic N) is 2. The van der Waals surface area contributed by atoms with Crippen molar-refractivity contribution in [2.75, 3.05) is 13.6 Å². The number of carbonyl (C=O) groups excluding carboxylic acids is 1. The van der Waals surface area contributed by atoms with Crippen molar-refractivity contribution < 1.29 is 4.79 Å². The molecule has 0 aliphatic carbocycles. The highest BCUT2D eigenvalue weighted by molar-refractivity contribution is 7.12. The number of thiazole rings is 1. The minimum absolute atomic E-state index is 0.0352. The SMILES string of the molecule is Cc1nc(CN(C)C(=O)c2sccc2C#CCN)cs1. The second kappa shape index (κ2) is 6.66. The van der Waals surface area contributed by atoms with Gasteiger partial charge in [0.05, 0.1) is 23.8 Å². The first-order chi connectivity index (χ1) is 9.61. The highest BCUT2D eigenvalue weighted by Crippen LogP contribution is 2.19. The van der Waals surface area contributed by atoms with Crippen LogP contribution in [0.4, 0.5) is 0 Å². The van der Waals surface area contributed by atoms with Crippen LogP contribution < -0.4 is 5.73 Å². The molecule has 0 aliphatic rings. The molecular weight excluding hydrogens is 290 g/mol. The number of aryl methyl sites for hydroxylation is 1. The van der Waals surface area contributed by atoms with E-state index >= 15 is 0 Å². The minimum Gasteiger partial charge on any atom is -0.335 e. The van der Waals surface area contributed by atoms with Crippen LogP contribution in [0.1, 0.15) is 25.9 Å². The molecule has 20 heavy (non-hydrogen) atoms. The summed E-state index contributed by atoms with van der Waals surface area (Å²) in [5.74, 6) is 5.68. The molecule has 2 rings (SSSR count). The third-order valence-electron chi connectivity index (χ3n) is 2.60. The molecule has 0 bridgehead atoms. The zero-order chi connectivity index (χ0) is 14.5. The molecule has 2 aromatic heterocycles. The van der Waals surface area contributed by atoms with Gasteiger partial charge in [-0.1, -0.05) is 11.8 Å². The lowest BCUT2D eigenvalue weighted by Gasteiger charge is -2.15. The fraction of sp³-hybridized carbons (Fsp3) is 0.286. The van der Waals surface area contributed by atoms with Crippen molar-refractivity contribution in [2.24, 2.45) is 5.73 Å². The van der Waals surface area contributed by atoms with Crippen LogP contribution in [0, 0.1) is 18.8 Å². The maximum atomic E-state index is 12.4. The normalized spacial score (nSPS) is 9.95. The van der Waals surface area contributed by atoms with Crippen LogP contribution in [0.5, 0.6) is 0 Å². The van der Waals surface area contributed by atoms with Gasteiger partial charge in [0, 0.05) is 18.0 Å². The number of rotatable bonds is 3. The van der Waals surface area contributed by atoms with Gasteiger partial charge in [-0.3, -0.25) is 4.79 Å². The molecule has 0 aromatic carbocycles. The summed E-state index contributed by atoms with van der Waals surface area (Å²) >= 11 is 2.99. The molecule has 0 atom stereocenters. The zero-order valence-corrected chi connectivity index (χ0v) is 13.0. The Labute approximate surface area is 126 Å². The van der Waals surface area contributed by atoms with Crippen LogP contribution in [-0.4, -0.2) is 29.4 Å². The molecule has 0 fully saturated rings. The van der Waals surface area contributed by atoms with Gasteiger partial charge in [-0.15, -0.1) is 22.7 Å². The molecular formula is C14H15N3OS2. The molecule has 2 heterocycles. The van der Waals surface area contributed by atoms with Crippen LogP contribution in [0.25, 0.3) is 0 Å². The highest BCUT2D eigenvalue weighted by Gasteiger charge is 2.17. The molecule has 1 amide bonds. The Hall–Kier alpha value is -1.68. The van der Waals surface area contributed by atoms with Crippen LogP contribution in [0.2, 0.25) is 0 Å². The summed E-state index contributed by atoms with van der Waals surface area (Å²) < 4.78 is 0. The van der Waals surface area contributed by atoms with Gasteiger partial charge >= 0.3 is 0 Å². The molecule has 0 aliphatic heterocycles. The van der Waals surface area contributed by atoms with Gasteiger partial charge in [0.2, 0.25) is 0 Å². The van der Waals surface area contributed by atoms with E-state index in [1.807, 2.05) is 23.8 Å². The second-order valence-corrected chi connectivity index (χ2v) is 6.17. The van der Waals surface area contributed by atoms with Crippen LogP contribution in [0.15, 0.2) is 16.8 Å². The number of hydrogen-bond acceptors (Lipinski definition) is 5. The lowest BCUT2D eigenvalue weighted by atomic mass is 10.2. The van der Waals surface area contributed by atoms with Crippen LogP contribution in [-0.2, 0) is 6.54 Å². The second-order valence-electron chi connectivity index (χ2n) is 4.19. The standard InChI is InChI=1S/C14H15N3OS2/c1-10-16-12(9-20-10)8-17(2)14(18)13-11(4-3-6-15)5-7-19-13/h5,7,9H,6,8,15H2,1-2H3. The molecule has 0 unspecified atom stereocenters. The Kier molecular flexibility index (Phi) is 4.90. The van der Waals surface area contributed by atoms with Crippen molar-refractivity contribution >= 4 is 28.6 Å². The first-order valence-corrected chi connectivity index (χ1v) is 7.80. The summed E-state index contributed by atoms with van der Waals surface area (Å²) in [5, 5.41) is 4.85. The van der Waals surface area contributed by atoms with Crippen molar-refractivity contribution in [1.29, 1.82) is 0 Å². The van der Waals surface area contributed by atoms with Crippen molar-refractivity contribution in [2.45, 2.75) is 13.5 Å². The van der Waals surface area contributed by atoms with Crippen LogP contribution in [0.3, 0.4) is 0 Å². The fourth-order valence-electron chi connectivity index (χ4n) is 1.69. The molecule has 0 saturated carbocycles.